The predicted octanol–water partition coefficient (Wildman–Crippen LogP) is 4.04. The van der Waals surface area contributed by atoms with Gasteiger partial charge in [-0.1, -0.05) is 60.7 Å². The highest BCUT2D eigenvalue weighted by Crippen LogP contribution is 2.19. The third kappa shape index (κ3) is 5.54. The standard InChI is InChI=1S/C19H23NO/c1-2-3-14-21-15-13-20-16-17-9-11-19(12-10-17)18-7-5-4-6-8-18/h2,4-12,20H,1,3,13-16H2. The van der Waals surface area contributed by atoms with Gasteiger partial charge in [-0.2, -0.15) is 0 Å². The molecule has 0 fully saturated rings. The zero-order valence-corrected chi connectivity index (χ0v) is 12.4. The van der Waals surface area contributed by atoms with Crippen molar-refractivity contribution in [2.45, 2.75) is 13.0 Å². The smallest absolute Gasteiger partial charge is 0.0591 e. The molecule has 0 aliphatic heterocycles. The molecule has 0 bridgehead atoms. The lowest BCUT2D eigenvalue weighted by Gasteiger charge is -2.07. The van der Waals surface area contributed by atoms with Crippen LogP contribution in [-0.4, -0.2) is 19.8 Å². The van der Waals surface area contributed by atoms with Crippen LogP contribution < -0.4 is 5.32 Å². The molecule has 0 amide bonds. The molecular weight excluding hydrogens is 258 g/mol. The Kier molecular flexibility index (Phi) is 6.72. The SMILES string of the molecule is C=CCCOCCNCc1ccc(-c2ccccc2)cc1. The monoisotopic (exact) mass is 281 g/mol. The van der Waals surface area contributed by atoms with Gasteiger partial charge in [0.2, 0.25) is 0 Å². The van der Waals surface area contributed by atoms with Gasteiger partial charge in [0.05, 0.1) is 13.2 Å². The van der Waals surface area contributed by atoms with E-state index in [0.717, 1.165) is 32.7 Å². The van der Waals surface area contributed by atoms with Crippen molar-refractivity contribution in [1.29, 1.82) is 0 Å². The van der Waals surface area contributed by atoms with Crippen LogP contribution in [0.4, 0.5) is 0 Å². The molecule has 21 heavy (non-hydrogen) atoms. The van der Waals surface area contributed by atoms with E-state index in [0.29, 0.717) is 0 Å². The van der Waals surface area contributed by atoms with Crippen LogP contribution >= 0.6 is 0 Å². The van der Waals surface area contributed by atoms with Crippen LogP contribution in [0.25, 0.3) is 11.1 Å². The van der Waals surface area contributed by atoms with E-state index < -0.39 is 0 Å². The molecule has 2 rings (SSSR count). The maximum Gasteiger partial charge on any atom is 0.0591 e. The summed E-state index contributed by atoms with van der Waals surface area (Å²) in [5, 5.41) is 3.39. The second-order valence-electron chi connectivity index (χ2n) is 4.93. The molecule has 110 valence electrons. The van der Waals surface area contributed by atoms with Gasteiger partial charge in [0.25, 0.3) is 0 Å². The van der Waals surface area contributed by atoms with E-state index in [1.54, 1.807) is 0 Å². The Morgan fingerprint density at radius 1 is 0.905 bits per heavy atom. The van der Waals surface area contributed by atoms with Gasteiger partial charge in [-0.25, -0.2) is 0 Å². The van der Waals surface area contributed by atoms with Crippen molar-refractivity contribution in [1.82, 2.24) is 5.32 Å². The minimum absolute atomic E-state index is 0.746. The zero-order chi connectivity index (χ0) is 14.8. The highest BCUT2D eigenvalue weighted by atomic mass is 16.5. The molecule has 0 aromatic heterocycles. The van der Waals surface area contributed by atoms with Gasteiger partial charge >= 0.3 is 0 Å². The highest BCUT2D eigenvalue weighted by Gasteiger charge is 1.97. The molecule has 1 N–H and O–H groups in total. The number of benzene rings is 2. The number of rotatable bonds is 9. The fourth-order valence-electron chi connectivity index (χ4n) is 2.09. The van der Waals surface area contributed by atoms with Crippen LogP contribution in [-0.2, 0) is 11.3 Å². The highest BCUT2D eigenvalue weighted by molar-refractivity contribution is 5.63. The van der Waals surface area contributed by atoms with E-state index in [2.05, 4.69) is 60.4 Å². The number of hydrogen-bond acceptors (Lipinski definition) is 2. The minimum Gasteiger partial charge on any atom is -0.380 e. The molecular formula is C19H23NO. The van der Waals surface area contributed by atoms with Gasteiger partial charge in [-0.05, 0) is 23.1 Å². The molecule has 0 radical (unpaired) electrons. The van der Waals surface area contributed by atoms with Crippen LogP contribution in [0.5, 0.6) is 0 Å². The van der Waals surface area contributed by atoms with Crippen LogP contribution in [0.2, 0.25) is 0 Å². The van der Waals surface area contributed by atoms with E-state index >= 15 is 0 Å². The average Bonchev–Trinajstić information content (AvgIpc) is 2.55. The summed E-state index contributed by atoms with van der Waals surface area (Å²) in [5.41, 5.74) is 3.81. The normalized spacial score (nSPS) is 10.5. The van der Waals surface area contributed by atoms with Crippen molar-refractivity contribution in [3.63, 3.8) is 0 Å². The van der Waals surface area contributed by atoms with Crippen molar-refractivity contribution < 1.29 is 4.74 Å². The molecule has 2 aromatic rings. The average molecular weight is 281 g/mol. The lowest BCUT2D eigenvalue weighted by Crippen LogP contribution is -2.19. The predicted molar refractivity (Wildman–Crippen MR) is 89.2 cm³/mol. The third-order valence-electron chi connectivity index (χ3n) is 3.28. The lowest BCUT2D eigenvalue weighted by molar-refractivity contribution is 0.140. The Labute approximate surface area is 127 Å². The molecule has 2 aromatic carbocycles. The Bertz CT molecular complexity index is 519. The quantitative estimate of drug-likeness (QED) is 0.553. The molecule has 0 atom stereocenters. The Morgan fingerprint density at radius 3 is 2.33 bits per heavy atom. The first-order valence-corrected chi connectivity index (χ1v) is 7.44. The summed E-state index contributed by atoms with van der Waals surface area (Å²) in [7, 11) is 0. The fraction of sp³-hybridized carbons (Fsp3) is 0.263. The second kappa shape index (κ2) is 9.11. The molecule has 2 nitrogen and oxygen atoms in total. The maximum atomic E-state index is 5.46. The molecule has 0 unspecified atom stereocenters. The van der Waals surface area contributed by atoms with Crippen molar-refractivity contribution in [3.05, 3.63) is 72.8 Å². The molecule has 0 aliphatic carbocycles. The zero-order valence-electron chi connectivity index (χ0n) is 12.4. The maximum absolute atomic E-state index is 5.46. The summed E-state index contributed by atoms with van der Waals surface area (Å²) in [6.07, 6.45) is 2.79. The van der Waals surface area contributed by atoms with Crippen molar-refractivity contribution in [2.75, 3.05) is 19.8 Å². The first kappa shape index (κ1) is 15.5. The van der Waals surface area contributed by atoms with Gasteiger partial charge in [0.1, 0.15) is 0 Å². The van der Waals surface area contributed by atoms with Gasteiger partial charge < -0.3 is 10.1 Å². The van der Waals surface area contributed by atoms with Crippen LogP contribution in [0.15, 0.2) is 67.3 Å². The van der Waals surface area contributed by atoms with E-state index in [-0.39, 0.29) is 0 Å². The van der Waals surface area contributed by atoms with Gasteiger partial charge in [0, 0.05) is 13.1 Å². The number of hydrogen-bond donors (Lipinski definition) is 1. The van der Waals surface area contributed by atoms with E-state index in [1.165, 1.54) is 16.7 Å². The lowest BCUT2D eigenvalue weighted by atomic mass is 10.0. The van der Waals surface area contributed by atoms with Crippen molar-refractivity contribution in [3.8, 4) is 11.1 Å². The van der Waals surface area contributed by atoms with Crippen molar-refractivity contribution >= 4 is 0 Å². The summed E-state index contributed by atoms with van der Waals surface area (Å²) >= 11 is 0. The third-order valence-corrected chi connectivity index (χ3v) is 3.28. The van der Waals surface area contributed by atoms with Crippen LogP contribution in [0.1, 0.15) is 12.0 Å². The Morgan fingerprint density at radius 2 is 1.62 bits per heavy atom. The van der Waals surface area contributed by atoms with E-state index in [9.17, 15) is 0 Å². The first-order valence-electron chi connectivity index (χ1n) is 7.44. The largest absolute Gasteiger partial charge is 0.380 e. The number of ether oxygens (including phenoxy) is 1. The van der Waals surface area contributed by atoms with Crippen molar-refractivity contribution in [2.24, 2.45) is 0 Å². The molecule has 0 heterocycles. The molecule has 0 aliphatic rings. The van der Waals surface area contributed by atoms with E-state index in [1.807, 2.05) is 12.1 Å². The summed E-state index contributed by atoms with van der Waals surface area (Å²) in [4.78, 5) is 0. The summed E-state index contributed by atoms with van der Waals surface area (Å²) in [6.45, 7) is 6.92. The fourth-order valence-corrected chi connectivity index (χ4v) is 2.09. The minimum atomic E-state index is 0.746. The second-order valence-corrected chi connectivity index (χ2v) is 4.93. The summed E-state index contributed by atoms with van der Waals surface area (Å²) < 4.78 is 5.46. The van der Waals surface area contributed by atoms with Crippen LogP contribution in [0.3, 0.4) is 0 Å². The van der Waals surface area contributed by atoms with Crippen LogP contribution in [0, 0.1) is 0 Å². The number of nitrogens with one attached hydrogen (secondary N) is 1. The van der Waals surface area contributed by atoms with Gasteiger partial charge in [0.15, 0.2) is 0 Å². The first-order chi connectivity index (χ1) is 10.4. The van der Waals surface area contributed by atoms with E-state index in [4.69, 9.17) is 4.74 Å². The molecule has 2 heteroatoms. The molecule has 0 saturated carbocycles. The van der Waals surface area contributed by atoms with Gasteiger partial charge in [-0.15, -0.1) is 6.58 Å². The summed E-state index contributed by atoms with van der Waals surface area (Å²) in [6, 6.07) is 19.1. The molecule has 0 saturated heterocycles. The summed E-state index contributed by atoms with van der Waals surface area (Å²) in [5.74, 6) is 0. The molecule has 0 spiro atoms. The Balaban J connectivity index is 1.72. The van der Waals surface area contributed by atoms with Gasteiger partial charge in [-0.3, -0.25) is 0 Å². The topological polar surface area (TPSA) is 21.3 Å². The Hall–Kier alpha value is -1.90.